The lowest BCUT2D eigenvalue weighted by Gasteiger charge is -2.35. The van der Waals surface area contributed by atoms with Crippen LogP contribution in [-0.4, -0.2) is 80.8 Å². The molecule has 2 unspecified atom stereocenters. The zero-order valence-corrected chi connectivity index (χ0v) is 18.5. The van der Waals surface area contributed by atoms with Crippen LogP contribution in [0.5, 0.6) is 0 Å². The van der Waals surface area contributed by atoms with Crippen LogP contribution in [0.2, 0.25) is 0 Å². The normalized spacial score (nSPS) is 22.3. The summed E-state index contributed by atoms with van der Waals surface area (Å²) in [5, 5.41) is 5.56. The molecular formula is C21H34N4O3S. The minimum atomic E-state index is -0.0853. The van der Waals surface area contributed by atoms with Crippen molar-refractivity contribution in [1.29, 1.82) is 0 Å². The molecule has 0 spiro atoms. The number of hydrogen-bond acceptors (Lipinski definition) is 6. The summed E-state index contributed by atoms with van der Waals surface area (Å²) in [6.45, 7) is 10.9. The van der Waals surface area contributed by atoms with E-state index in [1.165, 1.54) is 4.88 Å². The molecule has 0 radical (unpaired) electrons. The maximum absolute atomic E-state index is 12.2. The number of nitrogens with one attached hydrogen (secondary N) is 1. The van der Waals surface area contributed by atoms with Gasteiger partial charge in [-0.25, -0.2) is 0 Å². The number of carbonyl (C=O) groups excluding carboxylic acids is 1. The van der Waals surface area contributed by atoms with Crippen molar-refractivity contribution in [2.45, 2.75) is 32.7 Å². The number of piperidine rings is 1. The van der Waals surface area contributed by atoms with E-state index in [2.05, 4.69) is 39.6 Å². The van der Waals surface area contributed by atoms with Crippen LogP contribution in [0.1, 0.15) is 37.6 Å². The van der Waals surface area contributed by atoms with Gasteiger partial charge in [0.05, 0.1) is 38.3 Å². The number of ether oxygens (including phenoxy) is 2. The number of esters is 1. The third kappa shape index (κ3) is 6.17. The first-order valence-corrected chi connectivity index (χ1v) is 11.7. The van der Waals surface area contributed by atoms with Crippen LogP contribution in [-0.2, 0) is 14.3 Å². The minimum Gasteiger partial charge on any atom is -0.466 e. The Balaban J connectivity index is 1.71. The number of guanidine groups is 1. The van der Waals surface area contributed by atoms with Crippen molar-refractivity contribution in [2.75, 3.05) is 59.1 Å². The molecule has 0 aliphatic carbocycles. The molecule has 0 bridgehead atoms. The van der Waals surface area contributed by atoms with E-state index < -0.39 is 0 Å². The Labute approximate surface area is 178 Å². The molecule has 1 aromatic heterocycles. The van der Waals surface area contributed by atoms with E-state index in [9.17, 15) is 4.79 Å². The fourth-order valence-electron chi connectivity index (χ4n) is 3.98. The topological polar surface area (TPSA) is 66.4 Å². The fourth-order valence-corrected chi connectivity index (χ4v) is 4.83. The first kappa shape index (κ1) is 22.1. The summed E-state index contributed by atoms with van der Waals surface area (Å²) in [5.74, 6) is 0.744. The number of aliphatic imine (C=N–C) groups is 1. The number of rotatable bonds is 7. The number of carbonyl (C=O) groups is 1. The number of nitrogens with zero attached hydrogens (tertiary/aromatic N) is 3. The van der Waals surface area contributed by atoms with Gasteiger partial charge in [0, 0.05) is 37.6 Å². The summed E-state index contributed by atoms with van der Waals surface area (Å²) in [6, 6.07) is 4.57. The van der Waals surface area contributed by atoms with E-state index in [1.807, 2.05) is 6.92 Å². The van der Waals surface area contributed by atoms with Crippen LogP contribution >= 0.6 is 11.3 Å². The van der Waals surface area contributed by atoms with Gasteiger partial charge in [0.25, 0.3) is 0 Å². The lowest BCUT2D eigenvalue weighted by molar-refractivity contribution is -0.149. The van der Waals surface area contributed by atoms with Gasteiger partial charge in [-0.3, -0.25) is 14.7 Å². The van der Waals surface area contributed by atoms with Gasteiger partial charge in [-0.1, -0.05) is 6.07 Å². The highest BCUT2D eigenvalue weighted by atomic mass is 32.1. The summed E-state index contributed by atoms with van der Waals surface area (Å²) in [5.41, 5.74) is 0. The lowest BCUT2D eigenvalue weighted by Crippen LogP contribution is -2.48. The summed E-state index contributed by atoms with van der Waals surface area (Å²) in [6.07, 6.45) is 1.87. The number of likely N-dealkylation sites (tertiary alicyclic amines) is 1. The zero-order chi connectivity index (χ0) is 20.5. The molecule has 0 aromatic carbocycles. The molecular weight excluding hydrogens is 388 g/mol. The van der Waals surface area contributed by atoms with Crippen LogP contribution in [0.3, 0.4) is 0 Å². The van der Waals surface area contributed by atoms with E-state index >= 15 is 0 Å². The maximum Gasteiger partial charge on any atom is 0.310 e. The Morgan fingerprint density at radius 2 is 2.21 bits per heavy atom. The first-order chi connectivity index (χ1) is 14.2. The zero-order valence-electron chi connectivity index (χ0n) is 17.6. The van der Waals surface area contributed by atoms with Gasteiger partial charge >= 0.3 is 5.97 Å². The van der Waals surface area contributed by atoms with E-state index in [4.69, 9.17) is 14.5 Å². The van der Waals surface area contributed by atoms with Crippen molar-refractivity contribution in [3.05, 3.63) is 22.4 Å². The van der Waals surface area contributed by atoms with Crippen molar-refractivity contribution >= 4 is 23.3 Å². The number of morpholine rings is 1. The summed E-state index contributed by atoms with van der Waals surface area (Å²) in [7, 11) is 0. The largest absolute Gasteiger partial charge is 0.466 e. The third-order valence-corrected chi connectivity index (χ3v) is 6.42. The van der Waals surface area contributed by atoms with Gasteiger partial charge < -0.3 is 19.7 Å². The van der Waals surface area contributed by atoms with Gasteiger partial charge in [0.15, 0.2) is 5.96 Å². The Morgan fingerprint density at radius 3 is 2.90 bits per heavy atom. The standard InChI is InChI=1S/C21H34N4O3S/c1-3-22-21(25-9-5-7-17(16-25)20(26)28-4-2)23-15-18(19-8-6-14-29-19)24-10-12-27-13-11-24/h6,8,14,17-18H,3-5,7,9-13,15-16H2,1-2H3,(H,22,23). The second kappa shape index (κ2) is 11.5. The molecule has 7 nitrogen and oxygen atoms in total. The predicted octanol–water partition coefficient (Wildman–Crippen LogP) is 2.36. The summed E-state index contributed by atoms with van der Waals surface area (Å²) >= 11 is 1.79. The summed E-state index contributed by atoms with van der Waals surface area (Å²) < 4.78 is 10.8. The monoisotopic (exact) mass is 422 g/mol. The quantitative estimate of drug-likeness (QED) is 0.413. The van der Waals surface area contributed by atoms with E-state index in [0.717, 1.165) is 58.2 Å². The van der Waals surface area contributed by atoms with Gasteiger partial charge in [-0.2, -0.15) is 0 Å². The van der Waals surface area contributed by atoms with Crippen LogP contribution in [0.4, 0.5) is 0 Å². The average Bonchev–Trinajstić information content (AvgIpc) is 3.29. The average molecular weight is 423 g/mol. The molecule has 2 fully saturated rings. The van der Waals surface area contributed by atoms with Crippen molar-refractivity contribution in [2.24, 2.45) is 10.9 Å². The Hall–Kier alpha value is -1.64. The molecule has 2 aliphatic heterocycles. The molecule has 1 aromatic rings. The highest BCUT2D eigenvalue weighted by molar-refractivity contribution is 7.10. The number of hydrogen-bond donors (Lipinski definition) is 1. The fraction of sp³-hybridized carbons (Fsp3) is 0.714. The Kier molecular flexibility index (Phi) is 8.76. The van der Waals surface area contributed by atoms with Crippen LogP contribution in [0.15, 0.2) is 22.5 Å². The first-order valence-electron chi connectivity index (χ1n) is 10.8. The van der Waals surface area contributed by atoms with Crippen LogP contribution < -0.4 is 5.32 Å². The molecule has 0 saturated carbocycles. The summed E-state index contributed by atoms with van der Waals surface area (Å²) in [4.78, 5) is 23.3. The van der Waals surface area contributed by atoms with Gasteiger partial charge in [0.2, 0.25) is 0 Å². The highest BCUT2D eigenvalue weighted by Gasteiger charge is 2.29. The van der Waals surface area contributed by atoms with Gasteiger partial charge in [-0.15, -0.1) is 11.3 Å². The van der Waals surface area contributed by atoms with Gasteiger partial charge in [0.1, 0.15) is 0 Å². The molecule has 2 aliphatic rings. The second-order valence-corrected chi connectivity index (χ2v) is 8.39. The molecule has 162 valence electrons. The SMILES string of the molecule is CCNC(=NCC(c1cccs1)N1CCOCC1)N1CCCC(C(=O)OCC)C1. The van der Waals surface area contributed by atoms with E-state index in [1.54, 1.807) is 11.3 Å². The molecule has 2 saturated heterocycles. The Bertz CT molecular complexity index is 646. The van der Waals surface area contributed by atoms with Crippen molar-refractivity contribution in [1.82, 2.24) is 15.1 Å². The van der Waals surface area contributed by atoms with Crippen molar-refractivity contribution < 1.29 is 14.3 Å². The van der Waals surface area contributed by atoms with Crippen LogP contribution in [0, 0.1) is 5.92 Å². The van der Waals surface area contributed by atoms with Crippen molar-refractivity contribution in [3.8, 4) is 0 Å². The number of thiophene rings is 1. The molecule has 8 heteroatoms. The molecule has 2 atom stereocenters. The molecule has 3 heterocycles. The molecule has 1 N–H and O–H groups in total. The second-order valence-electron chi connectivity index (χ2n) is 7.41. The van der Waals surface area contributed by atoms with E-state index in [-0.39, 0.29) is 17.9 Å². The predicted molar refractivity (Wildman–Crippen MR) is 116 cm³/mol. The highest BCUT2D eigenvalue weighted by Crippen LogP contribution is 2.26. The molecule has 29 heavy (non-hydrogen) atoms. The third-order valence-electron chi connectivity index (χ3n) is 5.45. The molecule has 3 rings (SSSR count). The lowest BCUT2D eigenvalue weighted by atomic mass is 9.98. The Morgan fingerprint density at radius 1 is 1.38 bits per heavy atom. The smallest absolute Gasteiger partial charge is 0.310 e. The van der Waals surface area contributed by atoms with Crippen molar-refractivity contribution in [3.63, 3.8) is 0 Å². The maximum atomic E-state index is 12.2. The minimum absolute atomic E-state index is 0.0695. The molecule has 0 amide bonds. The van der Waals surface area contributed by atoms with Crippen LogP contribution in [0.25, 0.3) is 0 Å². The van der Waals surface area contributed by atoms with E-state index in [0.29, 0.717) is 19.7 Å². The van der Waals surface area contributed by atoms with Gasteiger partial charge in [-0.05, 0) is 38.1 Å².